The fraction of sp³-hybridized carbons (Fsp3) is 0.192. The SMILES string of the molecule is Cc1c(-c2ccccn2)nc2cc(F)cc(F)c2c1Nc1cccnc1C1C=CCC(Br)C1. The molecule has 4 nitrogen and oxygen atoms in total. The highest BCUT2D eigenvalue weighted by Crippen LogP contribution is 2.39. The Morgan fingerprint density at radius 3 is 2.70 bits per heavy atom. The number of pyridine rings is 3. The van der Waals surface area contributed by atoms with Gasteiger partial charge in [-0.15, -0.1) is 0 Å². The second-order valence-corrected chi connectivity index (χ2v) is 9.42. The van der Waals surface area contributed by atoms with Crippen molar-refractivity contribution in [1.82, 2.24) is 15.0 Å². The van der Waals surface area contributed by atoms with Crippen LogP contribution in [0.4, 0.5) is 20.2 Å². The fourth-order valence-corrected chi connectivity index (χ4v) is 4.93. The van der Waals surface area contributed by atoms with Gasteiger partial charge in [-0.3, -0.25) is 9.97 Å². The lowest BCUT2D eigenvalue weighted by atomic mass is 9.91. The Hall–Kier alpha value is -3.19. The maximum Gasteiger partial charge on any atom is 0.137 e. The average molecular weight is 507 g/mol. The molecule has 0 bridgehead atoms. The Kier molecular flexibility index (Phi) is 5.89. The average Bonchev–Trinajstić information content (AvgIpc) is 2.81. The Morgan fingerprint density at radius 1 is 1.06 bits per heavy atom. The van der Waals surface area contributed by atoms with E-state index in [1.165, 1.54) is 6.07 Å². The maximum absolute atomic E-state index is 15.1. The third-order valence-corrected chi connectivity index (χ3v) is 6.62. The lowest BCUT2D eigenvalue weighted by Gasteiger charge is -2.24. The molecule has 0 saturated heterocycles. The van der Waals surface area contributed by atoms with E-state index in [0.717, 1.165) is 35.9 Å². The number of hydrogen-bond acceptors (Lipinski definition) is 4. The number of aromatic nitrogens is 3. The van der Waals surface area contributed by atoms with Crippen LogP contribution in [0.25, 0.3) is 22.3 Å². The second-order valence-electron chi connectivity index (χ2n) is 8.12. The van der Waals surface area contributed by atoms with Gasteiger partial charge in [-0.25, -0.2) is 13.8 Å². The molecular formula is C26H21BrF2N4. The van der Waals surface area contributed by atoms with E-state index in [-0.39, 0.29) is 16.8 Å². The number of fused-ring (bicyclic) bond motifs is 1. The van der Waals surface area contributed by atoms with Gasteiger partial charge in [0, 0.05) is 40.8 Å². The van der Waals surface area contributed by atoms with E-state index in [9.17, 15) is 4.39 Å². The summed E-state index contributed by atoms with van der Waals surface area (Å²) in [7, 11) is 0. The zero-order valence-electron chi connectivity index (χ0n) is 17.9. The molecule has 3 aromatic heterocycles. The van der Waals surface area contributed by atoms with E-state index in [0.29, 0.717) is 21.9 Å². The number of nitrogens with one attached hydrogen (secondary N) is 1. The second kappa shape index (κ2) is 8.98. The van der Waals surface area contributed by atoms with Crippen molar-refractivity contribution in [2.45, 2.75) is 30.5 Å². The largest absolute Gasteiger partial charge is 0.353 e. The van der Waals surface area contributed by atoms with Crippen molar-refractivity contribution >= 4 is 38.2 Å². The number of alkyl halides is 1. The van der Waals surface area contributed by atoms with E-state index in [1.54, 1.807) is 12.4 Å². The standard InChI is InChI=1S/C26H21BrF2N4/c1-15-24(20-8-2-3-10-30-20)33-22-14-18(28)13-19(29)23(22)25(15)32-21-9-5-11-31-26(21)16-6-4-7-17(27)12-16/h2-6,8-11,13-14,16-17H,7,12H2,1H3,(H,32,33). The van der Waals surface area contributed by atoms with Crippen LogP contribution in [0.2, 0.25) is 0 Å². The molecule has 1 aliphatic carbocycles. The minimum atomic E-state index is -0.674. The van der Waals surface area contributed by atoms with Crippen molar-refractivity contribution in [2.24, 2.45) is 0 Å². The smallest absolute Gasteiger partial charge is 0.137 e. The molecule has 5 rings (SSSR count). The first kappa shape index (κ1) is 21.6. The molecule has 7 heteroatoms. The number of rotatable bonds is 4. The molecule has 1 aromatic carbocycles. The summed E-state index contributed by atoms with van der Waals surface area (Å²) in [6, 6.07) is 11.4. The van der Waals surface area contributed by atoms with E-state index in [2.05, 4.69) is 48.4 Å². The van der Waals surface area contributed by atoms with Crippen molar-refractivity contribution in [2.75, 3.05) is 5.32 Å². The van der Waals surface area contributed by atoms with Crippen LogP contribution in [0.5, 0.6) is 0 Å². The molecule has 0 saturated carbocycles. The van der Waals surface area contributed by atoms with Gasteiger partial charge in [-0.05, 0) is 44.0 Å². The van der Waals surface area contributed by atoms with Crippen LogP contribution in [-0.4, -0.2) is 19.8 Å². The molecule has 2 atom stereocenters. The van der Waals surface area contributed by atoms with Crippen LogP contribution in [0.3, 0.4) is 0 Å². The summed E-state index contributed by atoms with van der Waals surface area (Å²) < 4.78 is 29.2. The van der Waals surface area contributed by atoms with E-state index in [1.807, 2.05) is 37.3 Å². The van der Waals surface area contributed by atoms with Gasteiger partial charge < -0.3 is 5.32 Å². The van der Waals surface area contributed by atoms with Gasteiger partial charge in [0.05, 0.1) is 39.4 Å². The molecule has 166 valence electrons. The Labute approximate surface area is 198 Å². The molecule has 1 aliphatic rings. The number of benzene rings is 1. The zero-order chi connectivity index (χ0) is 22.9. The number of halogens is 3. The van der Waals surface area contributed by atoms with Crippen LogP contribution in [0.1, 0.15) is 30.0 Å². The van der Waals surface area contributed by atoms with Crippen molar-refractivity contribution in [3.05, 3.63) is 89.9 Å². The highest BCUT2D eigenvalue weighted by atomic mass is 79.9. The third-order valence-electron chi connectivity index (χ3n) is 5.87. The predicted molar refractivity (Wildman–Crippen MR) is 131 cm³/mol. The number of nitrogens with zero attached hydrogens (tertiary/aromatic N) is 3. The van der Waals surface area contributed by atoms with E-state index in [4.69, 9.17) is 0 Å². The highest BCUT2D eigenvalue weighted by Gasteiger charge is 2.23. The van der Waals surface area contributed by atoms with E-state index < -0.39 is 11.6 Å². The lowest BCUT2D eigenvalue weighted by Crippen LogP contribution is -2.12. The summed E-state index contributed by atoms with van der Waals surface area (Å²) in [4.78, 5) is 14.0. The van der Waals surface area contributed by atoms with Crippen LogP contribution < -0.4 is 5.32 Å². The highest BCUT2D eigenvalue weighted by molar-refractivity contribution is 9.09. The van der Waals surface area contributed by atoms with Crippen LogP contribution in [0, 0.1) is 18.6 Å². The number of anilines is 2. The maximum atomic E-state index is 15.1. The fourth-order valence-electron chi connectivity index (χ4n) is 4.31. The molecule has 2 unspecified atom stereocenters. The minimum absolute atomic E-state index is 0.123. The molecular weight excluding hydrogens is 486 g/mol. The van der Waals surface area contributed by atoms with Crippen LogP contribution >= 0.6 is 15.9 Å². The van der Waals surface area contributed by atoms with Crippen molar-refractivity contribution in [1.29, 1.82) is 0 Å². The molecule has 0 fully saturated rings. The van der Waals surface area contributed by atoms with E-state index >= 15 is 4.39 Å². The van der Waals surface area contributed by atoms with Crippen molar-refractivity contribution in [3.63, 3.8) is 0 Å². The normalized spacial score (nSPS) is 17.9. The molecule has 0 amide bonds. The molecule has 4 aromatic rings. The summed E-state index contributed by atoms with van der Waals surface area (Å²) in [5, 5.41) is 3.66. The quantitative estimate of drug-likeness (QED) is 0.234. The zero-order valence-corrected chi connectivity index (χ0v) is 19.5. The van der Waals surface area contributed by atoms with Gasteiger partial charge >= 0.3 is 0 Å². The van der Waals surface area contributed by atoms with Crippen molar-refractivity contribution in [3.8, 4) is 11.4 Å². The summed E-state index contributed by atoms with van der Waals surface area (Å²) in [6.07, 6.45) is 9.64. The predicted octanol–water partition coefficient (Wildman–Crippen LogP) is 7.22. The summed E-state index contributed by atoms with van der Waals surface area (Å²) >= 11 is 3.71. The van der Waals surface area contributed by atoms with Gasteiger partial charge in [0.1, 0.15) is 11.6 Å². The first-order valence-corrected chi connectivity index (χ1v) is 11.7. The summed E-state index contributed by atoms with van der Waals surface area (Å²) in [6.45, 7) is 1.87. The van der Waals surface area contributed by atoms with Gasteiger partial charge in [-0.2, -0.15) is 0 Å². The van der Waals surface area contributed by atoms with Gasteiger partial charge in [0.15, 0.2) is 0 Å². The van der Waals surface area contributed by atoms with Gasteiger partial charge in [0.2, 0.25) is 0 Å². The van der Waals surface area contributed by atoms with Gasteiger partial charge in [-0.1, -0.05) is 34.1 Å². The molecule has 0 spiro atoms. The molecule has 0 radical (unpaired) electrons. The first-order chi connectivity index (χ1) is 16.0. The topological polar surface area (TPSA) is 50.7 Å². The number of allylic oxidation sites excluding steroid dienone is 2. The summed E-state index contributed by atoms with van der Waals surface area (Å²) in [5.74, 6) is -1.22. The summed E-state index contributed by atoms with van der Waals surface area (Å²) in [5.41, 5.74) is 4.34. The lowest BCUT2D eigenvalue weighted by molar-refractivity contribution is 0.591. The van der Waals surface area contributed by atoms with Crippen molar-refractivity contribution < 1.29 is 8.78 Å². The Morgan fingerprint density at radius 2 is 1.91 bits per heavy atom. The van der Waals surface area contributed by atoms with Crippen LogP contribution in [0.15, 0.2) is 67.0 Å². The van der Waals surface area contributed by atoms with Gasteiger partial charge in [0.25, 0.3) is 0 Å². The molecule has 3 heterocycles. The molecule has 0 aliphatic heterocycles. The molecule has 1 N–H and O–H groups in total. The minimum Gasteiger partial charge on any atom is -0.353 e. The Balaban J connectivity index is 1.70. The third kappa shape index (κ3) is 4.25. The Bertz CT molecular complexity index is 1360. The molecule has 33 heavy (non-hydrogen) atoms. The monoisotopic (exact) mass is 506 g/mol. The number of hydrogen-bond donors (Lipinski definition) is 1. The van der Waals surface area contributed by atoms with Crippen LogP contribution in [-0.2, 0) is 0 Å². The first-order valence-electron chi connectivity index (χ1n) is 10.7.